The van der Waals surface area contributed by atoms with Crippen molar-refractivity contribution in [3.63, 3.8) is 0 Å². The first-order valence-electron chi connectivity index (χ1n) is 14.9. The van der Waals surface area contributed by atoms with Gasteiger partial charge in [0.05, 0.1) is 18.3 Å². The highest BCUT2D eigenvalue weighted by Gasteiger charge is 2.17. The molecule has 1 aromatic heterocycles. The smallest absolute Gasteiger partial charge is 0.198 e. The Balaban J connectivity index is 1.56. The highest BCUT2D eigenvalue weighted by atomic mass is 32.1. The third-order valence-electron chi connectivity index (χ3n) is 7.21. The Morgan fingerprint density at radius 3 is 1.89 bits per heavy atom. The predicted molar refractivity (Wildman–Crippen MR) is 158 cm³/mol. The molecule has 3 aromatic rings. The number of aromatic nitrogens is 2. The SMILES string of the molecule is CCCCCCCCCCC(CCCCCCCC)COc1ccc2nsnc2c1Oc1ccccc1. The van der Waals surface area contributed by atoms with Gasteiger partial charge in [0.2, 0.25) is 0 Å². The van der Waals surface area contributed by atoms with Gasteiger partial charge in [0, 0.05) is 0 Å². The average molecular weight is 525 g/mol. The second kappa shape index (κ2) is 18.2. The van der Waals surface area contributed by atoms with Crippen molar-refractivity contribution < 1.29 is 9.47 Å². The average Bonchev–Trinajstić information content (AvgIpc) is 3.41. The van der Waals surface area contributed by atoms with Gasteiger partial charge < -0.3 is 9.47 Å². The minimum Gasteiger partial charge on any atom is -0.489 e. The maximum absolute atomic E-state index is 6.48. The molecule has 2 aromatic carbocycles. The number of hydrogen-bond acceptors (Lipinski definition) is 5. The van der Waals surface area contributed by atoms with Crippen LogP contribution in [-0.2, 0) is 0 Å². The molecule has 4 nitrogen and oxygen atoms in total. The summed E-state index contributed by atoms with van der Waals surface area (Å²) in [5.41, 5.74) is 1.63. The van der Waals surface area contributed by atoms with E-state index in [1.54, 1.807) is 0 Å². The molecule has 37 heavy (non-hydrogen) atoms. The summed E-state index contributed by atoms with van der Waals surface area (Å²) in [5, 5.41) is 0. The lowest BCUT2D eigenvalue weighted by Crippen LogP contribution is -2.13. The number of fused-ring (bicyclic) bond motifs is 1. The standard InChI is InChI=1S/C32H48N2O2S/c1-3-5-7-9-11-12-14-17-21-27(20-16-13-10-8-6-4-2)26-35-30-25-24-29-31(34-37-33-29)32(30)36-28-22-18-15-19-23-28/h15,18-19,22-25,27H,3-14,16-17,20-21,26H2,1-2H3. The van der Waals surface area contributed by atoms with Gasteiger partial charge in [0.15, 0.2) is 17.0 Å². The molecule has 0 bridgehead atoms. The van der Waals surface area contributed by atoms with Gasteiger partial charge in [-0.25, -0.2) is 0 Å². The lowest BCUT2D eigenvalue weighted by molar-refractivity contribution is 0.218. The van der Waals surface area contributed by atoms with E-state index in [1.807, 2.05) is 42.5 Å². The summed E-state index contributed by atoms with van der Waals surface area (Å²) in [6.07, 6.45) is 21.5. The quantitative estimate of drug-likeness (QED) is 0.130. The van der Waals surface area contributed by atoms with E-state index >= 15 is 0 Å². The zero-order chi connectivity index (χ0) is 26.0. The summed E-state index contributed by atoms with van der Waals surface area (Å²) in [4.78, 5) is 0. The monoisotopic (exact) mass is 524 g/mol. The molecule has 3 rings (SSSR count). The number of benzene rings is 2. The Morgan fingerprint density at radius 2 is 1.27 bits per heavy atom. The Bertz CT molecular complexity index is 975. The van der Waals surface area contributed by atoms with Crippen LogP contribution in [0.1, 0.15) is 117 Å². The molecule has 0 spiro atoms. The molecule has 0 aliphatic rings. The van der Waals surface area contributed by atoms with E-state index < -0.39 is 0 Å². The van der Waals surface area contributed by atoms with Crippen molar-refractivity contribution in [2.75, 3.05) is 6.61 Å². The lowest BCUT2D eigenvalue weighted by atomic mass is 9.94. The Kier molecular flexibility index (Phi) is 14.4. The van der Waals surface area contributed by atoms with Crippen LogP contribution in [0, 0.1) is 5.92 Å². The molecule has 1 atom stereocenters. The second-order valence-electron chi connectivity index (χ2n) is 10.4. The molecule has 1 heterocycles. The van der Waals surface area contributed by atoms with Crippen LogP contribution in [0.5, 0.6) is 17.2 Å². The number of unbranched alkanes of at least 4 members (excludes halogenated alkanes) is 12. The van der Waals surface area contributed by atoms with Gasteiger partial charge in [-0.05, 0) is 43.0 Å². The van der Waals surface area contributed by atoms with Crippen LogP contribution in [0.15, 0.2) is 42.5 Å². The largest absolute Gasteiger partial charge is 0.489 e. The third kappa shape index (κ3) is 11.0. The van der Waals surface area contributed by atoms with Crippen LogP contribution in [0.2, 0.25) is 0 Å². The van der Waals surface area contributed by atoms with Crippen LogP contribution in [0.3, 0.4) is 0 Å². The van der Waals surface area contributed by atoms with Crippen molar-refractivity contribution >= 4 is 22.8 Å². The van der Waals surface area contributed by atoms with Crippen LogP contribution in [-0.4, -0.2) is 15.4 Å². The van der Waals surface area contributed by atoms with E-state index in [0.717, 1.165) is 29.1 Å². The maximum atomic E-state index is 6.48. The molecule has 0 aliphatic carbocycles. The molecule has 0 saturated heterocycles. The fourth-order valence-electron chi connectivity index (χ4n) is 4.93. The van der Waals surface area contributed by atoms with Crippen molar-refractivity contribution in [3.05, 3.63) is 42.5 Å². The summed E-state index contributed by atoms with van der Waals surface area (Å²) < 4.78 is 21.7. The summed E-state index contributed by atoms with van der Waals surface area (Å²) in [6.45, 7) is 5.31. The molecule has 0 N–H and O–H groups in total. The molecule has 1 unspecified atom stereocenters. The second-order valence-corrected chi connectivity index (χ2v) is 11.0. The molecule has 204 valence electrons. The minimum absolute atomic E-state index is 0.583. The molecule has 0 fully saturated rings. The van der Waals surface area contributed by atoms with E-state index in [2.05, 4.69) is 22.6 Å². The van der Waals surface area contributed by atoms with Crippen molar-refractivity contribution in [2.24, 2.45) is 5.92 Å². The van der Waals surface area contributed by atoms with E-state index in [1.165, 1.54) is 114 Å². The van der Waals surface area contributed by atoms with Crippen LogP contribution >= 0.6 is 11.7 Å². The van der Waals surface area contributed by atoms with Gasteiger partial charge in [-0.1, -0.05) is 122 Å². The van der Waals surface area contributed by atoms with Crippen molar-refractivity contribution in [1.82, 2.24) is 8.75 Å². The highest BCUT2D eigenvalue weighted by molar-refractivity contribution is 7.00. The lowest BCUT2D eigenvalue weighted by Gasteiger charge is -2.19. The predicted octanol–water partition coefficient (Wildman–Crippen LogP) is 10.8. The number of ether oxygens (including phenoxy) is 2. The van der Waals surface area contributed by atoms with Gasteiger partial charge in [0.1, 0.15) is 11.3 Å². The first-order valence-corrected chi connectivity index (χ1v) is 15.7. The number of rotatable bonds is 21. The van der Waals surface area contributed by atoms with Gasteiger partial charge in [-0.2, -0.15) is 8.75 Å². The topological polar surface area (TPSA) is 44.2 Å². The van der Waals surface area contributed by atoms with Crippen LogP contribution < -0.4 is 9.47 Å². The Morgan fingerprint density at radius 1 is 0.676 bits per heavy atom. The summed E-state index contributed by atoms with van der Waals surface area (Å²) in [7, 11) is 0. The molecule has 5 heteroatoms. The normalized spacial score (nSPS) is 12.2. The van der Waals surface area contributed by atoms with Gasteiger partial charge in [-0.15, -0.1) is 0 Å². The summed E-state index contributed by atoms with van der Waals surface area (Å²) in [5.74, 6) is 2.83. The molecule has 0 aliphatic heterocycles. The fourth-order valence-corrected chi connectivity index (χ4v) is 5.46. The highest BCUT2D eigenvalue weighted by Crippen LogP contribution is 2.38. The Labute approximate surface area is 229 Å². The zero-order valence-electron chi connectivity index (χ0n) is 23.3. The number of nitrogens with zero attached hydrogens (tertiary/aromatic N) is 2. The maximum Gasteiger partial charge on any atom is 0.198 e. The van der Waals surface area contributed by atoms with Crippen LogP contribution in [0.25, 0.3) is 11.0 Å². The third-order valence-corrected chi connectivity index (χ3v) is 7.76. The van der Waals surface area contributed by atoms with E-state index in [0.29, 0.717) is 11.7 Å². The summed E-state index contributed by atoms with van der Waals surface area (Å²) >= 11 is 1.22. The number of para-hydroxylation sites is 1. The van der Waals surface area contributed by atoms with E-state index in [-0.39, 0.29) is 0 Å². The summed E-state index contributed by atoms with van der Waals surface area (Å²) in [6, 6.07) is 13.9. The van der Waals surface area contributed by atoms with Crippen LogP contribution in [0.4, 0.5) is 0 Å². The van der Waals surface area contributed by atoms with Crippen molar-refractivity contribution in [2.45, 2.75) is 117 Å². The molecule has 0 saturated carbocycles. The molecular weight excluding hydrogens is 476 g/mol. The van der Waals surface area contributed by atoms with Gasteiger partial charge in [0.25, 0.3) is 0 Å². The Hall–Kier alpha value is -2.14. The van der Waals surface area contributed by atoms with Gasteiger partial charge >= 0.3 is 0 Å². The minimum atomic E-state index is 0.583. The van der Waals surface area contributed by atoms with E-state index in [9.17, 15) is 0 Å². The molecule has 0 radical (unpaired) electrons. The fraction of sp³-hybridized carbons (Fsp3) is 0.625. The first kappa shape index (κ1) is 29.4. The number of hydrogen-bond donors (Lipinski definition) is 0. The van der Waals surface area contributed by atoms with Gasteiger partial charge in [-0.3, -0.25) is 0 Å². The van der Waals surface area contributed by atoms with E-state index in [4.69, 9.17) is 9.47 Å². The molecule has 0 amide bonds. The zero-order valence-corrected chi connectivity index (χ0v) is 24.1. The van der Waals surface area contributed by atoms with Crippen molar-refractivity contribution in [3.8, 4) is 17.2 Å². The molecular formula is C32H48N2O2S. The first-order chi connectivity index (χ1) is 18.3. The van der Waals surface area contributed by atoms with Crippen molar-refractivity contribution in [1.29, 1.82) is 0 Å².